The van der Waals surface area contributed by atoms with Crippen LogP contribution in [0.15, 0.2) is 58.4 Å². The van der Waals surface area contributed by atoms with Crippen LogP contribution in [0, 0.1) is 0 Å². The second-order valence-corrected chi connectivity index (χ2v) is 9.13. The van der Waals surface area contributed by atoms with E-state index in [1.807, 2.05) is 31.2 Å². The summed E-state index contributed by atoms with van der Waals surface area (Å²) in [4.78, 5) is 4.86. The third-order valence-corrected chi connectivity index (χ3v) is 6.15. The predicted octanol–water partition coefficient (Wildman–Crippen LogP) is 2.93. The number of hydrogen-bond acceptors (Lipinski definition) is 5. The molecule has 0 aliphatic rings. The first kappa shape index (κ1) is 24.6. The SMILES string of the molecule is CCNC(=NCc1ccc(S(=O)(=O)N(C)C)cc1)Nc1cccc(OCCCOC)c1. The van der Waals surface area contributed by atoms with E-state index in [1.165, 1.54) is 18.4 Å². The van der Waals surface area contributed by atoms with Crippen LogP contribution in [0.2, 0.25) is 0 Å². The number of anilines is 1. The lowest BCUT2D eigenvalue weighted by Crippen LogP contribution is -2.30. The van der Waals surface area contributed by atoms with E-state index in [1.54, 1.807) is 31.4 Å². The molecule has 8 nitrogen and oxygen atoms in total. The molecule has 31 heavy (non-hydrogen) atoms. The largest absolute Gasteiger partial charge is 0.493 e. The van der Waals surface area contributed by atoms with Crippen molar-refractivity contribution in [2.75, 3.05) is 46.3 Å². The number of sulfonamides is 1. The Hall–Kier alpha value is -2.62. The zero-order valence-electron chi connectivity index (χ0n) is 18.6. The third-order valence-electron chi connectivity index (χ3n) is 4.32. The van der Waals surface area contributed by atoms with Gasteiger partial charge in [-0.25, -0.2) is 17.7 Å². The van der Waals surface area contributed by atoms with Gasteiger partial charge in [-0.2, -0.15) is 0 Å². The molecule has 0 fully saturated rings. The molecule has 2 rings (SSSR count). The Morgan fingerprint density at radius 2 is 1.84 bits per heavy atom. The van der Waals surface area contributed by atoms with Crippen molar-refractivity contribution in [1.29, 1.82) is 0 Å². The van der Waals surface area contributed by atoms with Gasteiger partial charge in [-0.15, -0.1) is 0 Å². The normalized spacial score (nSPS) is 12.1. The van der Waals surface area contributed by atoms with Crippen molar-refractivity contribution in [1.82, 2.24) is 9.62 Å². The number of nitrogens with zero attached hydrogens (tertiary/aromatic N) is 2. The van der Waals surface area contributed by atoms with Gasteiger partial charge in [0, 0.05) is 52.5 Å². The van der Waals surface area contributed by atoms with Crippen LogP contribution >= 0.6 is 0 Å². The van der Waals surface area contributed by atoms with Crippen LogP contribution in [0.3, 0.4) is 0 Å². The van der Waals surface area contributed by atoms with E-state index in [2.05, 4.69) is 15.6 Å². The molecule has 2 aromatic carbocycles. The minimum absolute atomic E-state index is 0.262. The van der Waals surface area contributed by atoms with Crippen LogP contribution in [0.25, 0.3) is 0 Å². The molecule has 0 saturated carbocycles. The summed E-state index contributed by atoms with van der Waals surface area (Å²) >= 11 is 0. The molecule has 2 N–H and O–H groups in total. The second kappa shape index (κ2) is 12.3. The molecule has 0 amide bonds. The molecule has 0 unspecified atom stereocenters. The van der Waals surface area contributed by atoms with E-state index < -0.39 is 10.0 Å². The Morgan fingerprint density at radius 1 is 1.10 bits per heavy atom. The fourth-order valence-electron chi connectivity index (χ4n) is 2.65. The Kier molecular flexibility index (Phi) is 9.77. The Morgan fingerprint density at radius 3 is 2.48 bits per heavy atom. The second-order valence-electron chi connectivity index (χ2n) is 6.97. The van der Waals surface area contributed by atoms with Gasteiger partial charge in [0.25, 0.3) is 0 Å². The quantitative estimate of drug-likeness (QED) is 0.312. The highest BCUT2D eigenvalue weighted by Gasteiger charge is 2.16. The van der Waals surface area contributed by atoms with Crippen LogP contribution in [0.5, 0.6) is 5.75 Å². The molecular formula is C22H32N4O4S. The van der Waals surface area contributed by atoms with Crippen LogP contribution < -0.4 is 15.4 Å². The summed E-state index contributed by atoms with van der Waals surface area (Å²) in [6.45, 7) is 4.36. The number of nitrogens with one attached hydrogen (secondary N) is 2. The van der Waals surface area contributed by atoms with E-state index >= 15 is 0 Å². The number of aliphatic imine (C=N–C) groups is 1. The van der Waals surface area contributed by atoms with Gasteiger partial charge in [-0.05, 0) is 36.8 Å². The molecule has 0 saturated heterocycles. The lowest BCUT2D eigenvalue weighted by molar-refractivity contribution is 0.172. The van der Waals surface area contributed by atoms with E-state index in [4.69, 9.17) is 9.47 Å². The smallest absolute Gasteiger partial charge is 0.242 e. The number of benzene rings is 2. The lowest BCUT2D eigenvalue weighted by Gasteiger charge is -2.13. The van der Waals surface area contributed by atoms with Crippen molar-refractivity contribution in [3.8, 4) is 5.75 Å². The topological polar surface area (TPSA) is 92.3 Å². The summed E-state index contributed by atoms with van der Waals surface area (Å²) in [5.41, 5.74) is 1.77. The minimum Gasteiger partial charge on any atom is -0.493 e. The predicted molar refractivity (Wildman–Crippen MR) is 124 cm³/mol. The third kappa shape index (κ3) is 7.86. The first-order valence-electron chi connectivity index (χ1n) is 10.2. The molecule has 0 aliphatic heterocycles. The summed E-state index contributed by atoms with van der Waals surface area (Å²) in [5, 5.41) is 6.48. The first-order valence-corrected chi connectivity index (χ1v) is 11.6. The van der Waals surface area contributed by atoms with Gasteiger partial charge in [0.2, 0.25) is 10.0 Å². The average Bonchev–Trinajstić information content (AvgIpc) is 2.76. The number of rotatable bonds is 11. The van der Waals surface area contributed by atoms with Gasteiger partial charge in [-0.1, -0.05) is 18.2 Å². The Bertz CT molecular complexity index is 944. The number of ether oxygens (including phenoxy) is 2. The minimum atomic E-state index is -3.43. The lowest BCUT2D eigenvalue weighted by atomic mass is 10.2. The van der Waals surface area contributed by atoms with Gasteiger partial charge in [0.15, 0.2) is 5.96 Å². The fourth-order valence-corrected chi connectivity index (χ4v) is 3.55. The van der Waals surface area contributed by atoms with Crippen LogP contribution in [0.4, 0.5) is 5.69 Å². The van der Waals surface area contributed by atoms with E-state index in [0.717, 1.165) is 23.4 Å². The van der Waals surface area contributed by atoms with Crippen LogP contribution in [-0.4, -0.2) is 59.6 Å². The highest BCUT2D eigenvalue weighted by molar-refractivity contribution is 7.89. The standard InChI is InChI=1S/C22H32N4O4S/c1-5-23-22(25-19-8-6-9-20(16-19)30-15-7-14-29-4)24-17-18-10-12-21(13-11-18)31(27,28)26(2)3/h6,8-13,16H,5,7,14-15,17H2,1-4H3,(H2,23,24,25). The molecular weight excluding hydrogens is 416 g/mol. The average molecular weight is 449 g/mol. The highest BCUT2D eigenvalue weighted by atomic mass is 32.2. The van der Waals surface area contributed by atoms with Crippen molar-refractivity contribution in [2.24, 2.45) is 4.99 Å². The van der Waals surface area contributed by atoms with Crippen LogP contribution in [-0.2, 0) is 21.3 Å². The molecule has 2 aromatic rings. The monoisotopic (exact) mass is 448 g/mol. The van der Waals surface area contributed by atoms with E-state index in [9.17, 15) is 8.42 Å². The summed E-state index contributed by atoms with van der Waals surface area (Å²) < 4.78 is 36.3. The molecule has 0 radical (unpaired) electrons. The van der Waals surface area contributed by atoms with Gasteiger partial charge >= 0.3 is 0 Å². The summed E-state index contributed by atoms with van der Waals surface area (Å²) in [5.74, 6) is 1.40. The maximum absolute atomic E-state index is 12.2. The number of guanidine groups is 1. The molecule has 0 atom stereocenters. The van der Waals surface area contributed by atoms with Crippen molar-refractivity contribution in [3.05, 3.63) is 54.1 Å². The molecule has 0 spiro atoms. The van der Waals surface area contributed by atoms with Crippen LogP contribution in [0.1, 0.15) is 18.9 Å². The fraction of sp³-hybridized carbons (Fsp3) is 0.409. The number of hydrogen-bond donors (Lipinski definition) is 2. The highest BCUT2D eigenvalue weighted by Crippen LogP contribution is 2.18. The zero-order chi connectivity index (χ0) is 22.7. The van der Waals surface area contributed by atoms with Crippen molar-refractivity contribution >= 4 is 21.7 Å². The summed E-state index contributed by atoms with van der Waals surface area (Å²) in [7, 11) is 1.27. The number of methoxy groups -OCH3 is 1. The summed E-state index contributed by atoms with van der Waals surface area (Å²) in [6.07, 6.45) is 0.826. The van der Waals surface area contributed by atoms with E-state index in [0.29, 0.717) is 32.3 Å². The molecule has 0 aliphatic carbocycles. The van der Waals surface area contributed by atoms with Crippen molar-refractivity contribution in [3.63, 3.8) is 0 Å². The maximum atomic E-state index is 12.2. The first-order chi connectivity index (χ1) is 14.9. The zero-order valence-corrected chi connectivity index (χ0v) is 19.4. The maximum Gasteiger partial charge on any atom is 0.242 e. The molecule has 9 heteroatoms. The molecule has 0 heterocycles. The van der Waals surface area contributed by atoms with Gasteiger partial charge < -0.3 is 20.1 Å². The Balaban J connectivity index is 2.04. The van der Waals surface area contributed by atoms with Gasteiger partial charge in [0.1, 0.15) is 5.75 Å². The Labute approximate surface area is 185 Å². The van der Waals surface area contributed by atoms with Crippen molar-refractivity contribution < 1.29 is 17.9 Å². The van der Waals surface area contributed by atoms with Crippen molar-refractivity contribution in [2.45, 2.75) is 24.8 Å². The van der Waals surface area contributed by atoms with Gasteiger partial charge in [0.05, 0.1) is 18.0 Å². The molecule has 0 bridgehead atoms. The molecule has 170 valence electrons. The summed E-state index contributed by atoms with van der Waals surface area (Å²) in [6, 6.07) is 14.4. The molecule has 0 aromatic heterocycles. The van der Waals surface area contributed by atoms with E-state index in [-0.39, 0.29) is 4.90 Å². The van der Waals surface area contributed by atoms with Gasteiger partial charge in [-0.3, -0.25) is 0 Å².